The van der Waals surface area contributed by atoms with E-state index in [4.69, 9.17) is 9.31 Å². The van der Waals surface area contributed by atoms with Crippen LogP contribution in [-0.4, -0.2) is 42.2 Å². The van der Waals surface area contributed by atoms with Crippen LogP contribution in [0.15, 0.2) is 36.6 Å². The lowest BCUT2D eigenvalue weighted by atomic mass is 9.77. The van der Waals surface area contributed by atoms with E-state index in [9.17, 15) is 9.18 Å². The van der Waals surface area contributed by atoms with Gasteiger partial charge in [0, 0.05) is 25.6 Å². The van der Waals surface area contributed by atoms with E-state index in [1.165, 1.54) is 12.1 Å². The van der Waals surface area contributed by atoms with Crippen molar-refractivity contribution in [2.45, 2.75) is 77.4 Å². The third kappa shape index (κ3) is 6.33. The lowest BCUT2D eigenvalue weighted by Crippen LogP contribution is -2.51. The summed E-state index contributed by atoms with van der Waals surface area (Å²) in [5.74, 6) is 0.880. The first-order valence-corrected chi connectivity index (χ1v) is 11.4. The Kier molecular flexibility index (Phi) is 7.48. The molecule has 170 valence electrons. The van der Waals surface area contributed by atoms with Crippen molar-refractivity contribution in [1.29, 1.82) is 0 Å². The van der Waals surface area contributed by atoms with Gasteiger partial charge in [-0.1, -0.05) is 31.6 Å². The number of carbonyl (C=O) groups is 1. The molecule has 3 rings (SSSR count). The fourth-order valence-corrected chi connectivity index (χ4v) is 4.76. The Morgan fingerprint density at radius 1 is 1.35 bits per heavy atom. The molecular weight excluding hydrogens is 394 g/mol. The molecule has 0 bridgehead atoms. The molecule has 0 spiro atoms. The Labute approximate surface area is 186 Å². The molecule has 1 aromatic carbocycles. The van der Waals surface area contributed by atoms with Gasteiger partial charge in [0.25, 0.3) is 0 Å². The minimum absolute atomic E-state index is 0.0139. The molecule has 2 saturated heterocycles. The molecule has 2 aliphatic heterocycles. The molecule has 7 heteroatoms. The molecule has 0 aliphatic carbocycles. The second kappa shape index (κ2) is 9.74. The summed E-state index contributed by atoms with van der Waals surface area (Å²) in [6.45, 7) is 14.4. The number of carbonyl (C=O) groups excluding carboxylic acids is 1. The van der Waals surface area contributed by atoms with Gasteiger partial charge in [-0.05, 0) is 70.1 Å². The Morgan fingerprint density at radius 2 is 2.06 bits per heavy atom. The number of halogens is 1. The first kappa shape index (κ1) is 23.8. The van der Waals surface area contributed by atoms with Crippen molar-refractivity contribution < 1.29 is 18.5 Å². The normalized spacial score (nSPS) is 22.9. The number of hydrogen-bond acceptors (Lipinski definition) is 4. The maximum Gasteiger partial charge on any atom is 0.525 e. The van der Waals surface area contributed by atoms with Crippen LogP contribution in [0.2, 0.25) is 6.32 Å². The predicted octanol–water partition coefficient (Wildman–Crippen LogP) is 4.54. The highest BCUT2D eigenvalue weighted by Crippen LogP contribution is 2.34. The third-order valence-electron chi connectivity index (χ3n) is 6.71. The highest BCUT2D eigenvalue weighted by atomic mass is 19.1. The molecule has 2 heterocycles. The molecule has 1 amide bonds. The van der Waals surface area contributed by atoms with Gasteiger partial charge in [-0.15, -0.1) is 0 Å². The van der Waals surface area contributed by atoms with Crippen molar-refractivity contribution in [3.63, 3.8) is 0 Å². The molecule has 2 fully saturated rings. The fraction of sp³-hybridized carbons (Fsp3) is 0.625. The topological polar surface area (TPSA) is 50.8 Å². The zero-order valence-corrected chi connectivity index (χ0v) is 19.4. The molecule has 0 saturated carbocycles. The quantitative estimate of drug-likeness (QED) is 0.462. The maximum atomic E-state index is 13.2. The van der Waals surface area contributed by atoms with Crippen LogP contribution in [0.1, 0.15) is 58.9 Å². The van der Waals surface area contributed by atoms with Crippen LogP contribution in [0, 0.1) is 11.7 Å². The van der Waals surface area contributed by atoms with Crippen LogP contribution in [0.5, 0.6) is 0 Å². The van der Waals surface area contributed by atoms with Crippen molar-refractivity contribution in [1.82, 2.24) is 10.2 Å². The van der Waals surface area contributed by atoms with Gasteiger partial charge in [0.1, 0.15) is 11.4 Å². The SMILES string of the molecule is C=C1OB(CCCCC(C)(NC(C)=O)C2CCN(Cc3ccc(F)cc3)C2)OC1(C)C. The Balaban J connectivity index is 1.50. The number of benzene rings is 1. The van der Waals surface area contributed by atoms with Crippen LogP contribution < -0.4 is 5.32 Å². The van der Waals surface area contributed by atoms with Gasteiger partial charge < -0.3 is 14.6 Å². The van der Waals surface area contributed by atoms with Gasteiger partial charge in [-0.2, -0.15) is 0 Å². The second-order valence-electron chi connectivity index (χ2n) is 9.79. The monoisotopic (exact) mass is 430 g/mol. The van der Waals surface area contributed by atoms with Gasteiger partial charge in [0.05, 0.1) is 5.76 Å². The van der Waals surface area contributed by atoms with Gasteiger partial charge in [0.2, 0.25) is 5.91 Å². The number of nitrogens with zero attached hydrogens (tertiary/aromatic N) is 1. The fourth-order valence-electron chi connectivity index (χ4n) is 4.76. The third-order valence-corrected chi connectivity index (χ3v) is 6.71. The molecule has 1 aromatic rings. The average Bonchev–Trinajstić information content (AvgIpc) is 3.25. The molecular formula is C24H36BFN2O3. The molecule has 0 aromatic heterocycles. The van der Waals surface area contributed by atoms with E-state index in [0.29, 0.717) is 11.7 Å². The minimum Gasteiger partial charge on any atom is -0.537 e. The highest BCUT2D eigenvalue weighted by molar-refractivity contribution is 6.45. The summed E-state index contributed by atoms with van der Waals surface area (Å²) in [5, 5.41) is 3.25. The molecule has 2 aliphatic rings. The first-order valence-electron chi connectivity index (χ1n) is 11.4. The number of likely N-dealkylation sites (tertiary alicyclic amines) is 1. The second-order valence-corrected chi connectivity index (χ2v) is 9.79. The summed E-state index contributed by atoms with van der Waals surface area (Å²) in [5.41, 5.74) is 0.445. The van der Waals surface area contributed by atoms with Crippen LogP contribution >= 0.6 is 0 Å². The van der Waals surface area contributed by atoms with E-state index >= 15 is 0 Å². The summed E-state index contributed by atoms with van der Waals surface area (Å²) < 4.78 is 24.8. The zero-order chi connectivity index (χ0) is 22.6. The van der Waals surface area contributed by atoms with Crippen molar-refractivity contribution in [2.75, 3.05) is 13.1 Å². The van der Waals surface area contributed by atoms with E-state index in [1.54, 1.807) is 6.92 Å². The van der Waals surface area contributed by atoms with Crippen molar-refractivity contribution in [3.8, 4) is 0 Å². The highest BCUT2D eigenvalue weighted by Gasteiger charge is 2.42. The number of nitrogens with one attached hydrogen (secondary N) is 1. The molecule has 1 N–H and O–H groups in total. The minimum atomic E-state index is -0.423. The summed E-state index contributed by atoms with van der Waals surface area (Å²) in [7, 11) is -0.229. The van der Waals surface area contributed by atoms with Gasteiger partial charge in [0.15, 0.2) is 0 Å². The Hall–Kier alpha value is -1.86. The Morgan fingerprint density at radius 3 is 2.68 bits per heavy atom. The molecule has 5 nitrogen and oxygen atoms in total. The van der Waals surface area contributed by atoms with Gasteiger partial charge in [-0.3, -0.25) is 9.69 Å². The number of unbranched alkanes of at least 4 members (excludes halogenated alkanes) is 1. The van der Waals surface area contributed by atoms with Gasteiger partial charge >= 0.3 is 7.12 Å². The number of amides is 1. The Bertz CT molecular complexity index is 786. The van der Waals surface area contributed by atoms with E-state index in [1.807, 2.05) is 26.0 Å². The largest absolute Gasteiger partial charge is 0.537 e. The first-order chi connectivity index (χ1) is 14.6. The van der Waals surface area contributed by atoms with Crippen LogP contribution in [0.4, 0.5) is 4.39 Å². The average molecular weight is 430 g/mol. The van der Waals surface area contributed by atoms with Crippen LogP contribution in [0.3, 0.4) is 0 Å². The summed E-state index contributed by atoms with van der Waals surface area (Å²) in [6.07, 6.45) is 4.73. The lowest BCUT2D eigenvalue weighted by Gasteiger charge is -2.37. The zero-order valence-electron chi connectivity index (χ0n) is 19.4. The molecule has 0 radical (unpaired) electrons. The lowest BCUT2D eigenvalue weighted by molar-refractivity contribution is -0.121. The van der Waals surface area contributed by atoms with E-state index in [2.05, 4.69) is 23.7 Å². The van der Waals surface area contributed by atoms with Crippen molar-refractivity contribution in [3.05, 3.63) is 48.0 Å². The van der Waals surface area contributed by atoms with Gasteiger partial charge in [-0.25, -0.2) is 4.39 Å². The summed E-state index contributed by atoms with van der Waals surface area (Å²) >= 11 is 0. The van der Waals surface area contributed by atoms with Crippen molar-refractivity contribution in [2.24, 2.45) is 5.92 Å². The van der Waals surface area contributed by atoms with E-state index in [-0.39, 0.29) is 24.4 Å². The number of hydrogen-bond donors (Lipinski definition) is 1. The summed E-state index contributed by atoms with van der Waals surface area (Å²) in [4.78, 5) is 14.4. The van der Waals surface area contributed by atoms with Crippen molar-refractivity contribution >= 4 is 13.0 Å². The van der Waals surface area contributed by atoms with Crippen LogP contribution in [0.25, 0.3) is 0 Å². The molecule has 2 unspecified atom stereocenters. The van der Waals surface area contributed by atoms with E-state index < -0.39 is 5.60 Å². The maximum absolute atomic E-state index is 13.2. The standard InChI is InChI=1S/C24H36BFN2O3/c1-18-23(3,4)31-25(30-18)14-7-6-13-24(5,27-19(2)29)21-12-15-28(17-21)16-20-8-10-22(26)11-9-20/h8-11,21H,1,6-7,12-17H2,2-5H3,(H,27,29). The molecule has 2 atom stereocenters. The van der Waals surface area contributed by atoms with E-state index in [0.717, 1.165) is 57.2 Å². The predicted molar refractivity (Wildman–Crippen MR) is 122 cm³/mol. The number of rotatable bonds is 9. The summed E-state index contributed by atoms with van der Waals surface area (Å²) in [6, 6.07) is 6.72. The molecule has 31 heavy (non-hydrogen) atoms. The van der Waals surface area contributed by atoms with Crippen LogP contribution in [-0.2, 0) is 20.6 Å². The smallest absolute Gasteiger partial charge is 0.525 e.